The lowest BCUT2D eigenvalue weighted by molar-refractivity contribution is -0.386. The van der Waals surface area contributed by atoms with Crippen LogP contribution in [0.4, 0.5) is 5.69 Å². The first-order chi connectivity index (χ1) is 6.57. The number of aromatic nitrogens is 1. The van der Waals surface area contributed by atoms with Gasteiger partial charge >= 0.3 is 11.7 Å². The standard InChI is InChI=1S/C7H5IN2O4/c1-14-7(11)4-2-3-9-6(8)5(4)10(12)13/h2-3H,1H3. The van der Waals surface area contributed by atoms with Crippen molar-refractivity contribution in [1.82, 2.24) is 4.98 Å². The molecule has 0 bridgehead atoms. The highest BCUT2D eigenvalue weighted by Crippen LogP contribution is 2.23. The minimum Gasteiger partial charge on any atom is -0.465 e. The van der Waals surface area contributed by atoms with Crippen LogP contribution < -0.4 is 0 Å². The van der Waals surface area contributed by atoms with Crippen molar-refractivity contribution in [2.75, 3.05) is 7.11 Å². The minimum absolute atomic E-state index is 0.0862. The molecule has 0 aromatic carbocycles. The molecule has 0 radical (unpaired) electrons. The van der Waals surface area contributed by atoms with E-state index < -0.39 is 10.9 Å². The lowest BCUT2D eigenvalue weighted by atomic mass is 10.2. The number of carbonyl (C=O) groups is 1. The minimum atomic E-state index is -0.739. The summed E-state index contributed by atoms with van der Waals surface area (Å²) in [4.78, 5) is 24.8. The van der Waals surface area contributed by atoms with Gasteiger partial charge in [-0.25, -0.2) is 9.78 Å². The summed E-state index contributed by atoms with van der Waals surface area (Å²) in [5.74, 6) is -0.739. The van der Waals surface area contributed by atoms with Crippen LogP contribution in [0.5, 0.6) is 0 Å². The lowest BCUT2D eigenvalue weighted by Gasteiger charge is -2.00. The molecule has 0 amide bonds. The summed E-state index contributed by atoms with van der Waals surface area (Å²) in [5, 5.41) is 10.6. The Balaban J connectivity index is 3.35. The fourth-order valence-corrected chi connectivity index (χ4v) is 1.53. The van der Waals surface area contributed by atoms with Crippen LogP contribution in [0.3, 0.4) is 0 Å². The molecule has 0 N–H and O–H groups in total. The lowest BCUT2D eigenvalue weighted by Crippen LogP contribution is -2.07. The second kappa shape index (κ2) is 4.31. The summed E-state index contributed by atoms with van der Waals surface area (Å²) in [6.07, 6.45) is 1.32. The van der Waals surface area contributed by atoms with Gasteiger partial charge in [0.05, 0.1) is 12.0 Å². The van der Waals surface area contributed by atoms with E-state index in [9.17, 15) is 14.9 Å². The highest BCUT2D eigenvalue weighted by atomic mass is 127. The molecule has 74 valence electrons. The third-order valence-corrected chi connectivity index (χ3v) is 2.26. The van der Waals surface area contributed by atoms with Crippen LogP contribution in [-0.2, 0) is 4.74 Å². The van der Waals surface area contributed by atoms with Crippen LogP contribution >= 0.6 is 22.6 Å². The van der Waals surface area contributed by atoms with Crippen LogP contribution in [0.15, 0.2) is 12.3 Å². The number of pyridine rings is 1. The van der Waals surface area contributed by atoms with E-state index in [1.165, 1.54) is 19.4 Å². The van der Waals surface area contributed by atoms with E-state index in [1.54, 1.807) is 22.6 Å². The van der Waals surface area contributed by atoms with E-state index in [1.807, 2.05) is 0 Å². The molecule has 1 rings (SSSR count). The maximum absolute atomic E-state index is 11.1. The van der Waals surface area contributed by atoms with Gasteiger partial charge in [-0.1, -0.05) is 0 Å². The Labute approximate surface area is 92.6 Å². The molecule has 1 aromatic rings. The molecule has 0 saturated heterocycles. The molecule has 0 aliphatic rings. The predicted molar refractivity (Wildman–Crippen MR) is 54.9 cm³/mol. The molecule has 0 spiro atoms. The highest BCUT2D eigenvalue weighted by Gasteiger charge is 2.24. The zero-order chi connectivity index (χ0) is 10.7. The van der Waals surface area contributed by atoms with Crippen molar-refractivity contribution in [3.63, 3.8) is 0 Å². The first-order valence-corrected chi connectivity index (χ1v) is 4.53. The third kappa shape index (κ3) is 1.97. The first kappa shape index (κ1) is 10.8. The van der Waals surface area contributed by atoms with E-state index in [4.69, 9.17) is 0 Å². The zero-order valence-electron chi connectivity index (χ0n) is 7.06. The maximum atomic E-state index is 11.1. The van der Waals surface area contributed by atoms with Crippen LogP contribution in [0.2, 0.25) is 0 Å². The Morgan fingerprint density at radius 3 is 2.86 bits per heavy atom. The Bertz CT molecular complexity index is 393. The number of methoxy groups -OCH3 is 1. The van der Waals surface area contributed by atoms with Crippen LogP contribution in [-0.4, -0.2) is 23.0 Å². The molecule has 0 aliphatic carbocycles. The largest absolute Gasteiger partial charge is 0.465 e. The summed E-state index contributed by atoms with van der Waals surface area (Å²) in [6, 6.07) is 1.26. The second-order valence-electron chi connectivity index (χ2n) is 2.25. The van der Waals surface area contributed by atoms with Crippen molar-refractivity contribution in [2.24, 2.45) is 0 Å². The second-order valence-corrected chi connectivity index (χ2v) is 3.27. The van der Waals surface area contributed by atoms with Gasteiger partial charge in [0, 0.05) is 6.20 Å². The van der Waals surface area contributed by atoms with Crippen molar-refractivity contribution in [1.29, 1.82) is 0 Å². The Hall–Kier alpha value is -1.25. The van der Waals surface area contributed by atoms with Crippen molar-refractivity contribution >= 4 is 34.2 Å². The van der Waals surface area contributed by atoms with E-state index in [2.05, 4.69) is 9.72 Å². The quantitative estimate of drug-likeness (QED) is 0.271. The number of esters is 1. The number of ether oxygens (including phenoxy) is 1. The van der Waals surface area contributed by atoms with Crippen molar-refractivity contribution in [3.05, 3.63) is 31.6 Å². The number of carbonyl (C=O) groups excluding carboxylic acids is 1. The van der Waals surface area contributed by atoms with Gasteiger partial charge in [-0.05, 0) is 28.7 Å². The van der Waals surface area contributed by atoms with Gasteiger partial charge in [-0.15, -0.1) is 0 Å². The van der Waals surface area contributed by atoms with Crippen LogP contribution in [0.25, 0.3) is 0 Å². The van der Waals surface area contributed by atoms with Crippen LogP contribution in [0.1, 0.15) is 10.4 Å². The molecule has 1 heterocycles. The van der Waals surface area contributed by atoms with E-state index >= 15 is 0 Å². The Morgan fingerprint density at radius 1 is 1.71 bits per heavy atom. The molecule has 1 aromatic heterocycles. The van der Waals surface area contributed by atoms with Crippen molar-refractivity contribution in [3.8, 4) is 0 Å². The summed E-state index contributed by atoms with van der Waals surface area (Å²) < 4.78 is 4.57. The number of halogens is 1. The van der Waals surface area contributed by atoms with E-state index in [0.29, 0.717) is 0 Å². The number of nitrogens with zero attached hydrogens (tertiary/aromatic N) is 2. The Kier molecular flexibility index (Phi) is 3.33. The summed E-state index contributed by atoms with van der Waals surface area (Å²) in [7, 11) is 1.17. The topological polar surface area (TPSA) is 82.3 Å². The number of hydrogen-bond donors (Lipinski definition) is 0. The molecule has 0 atom stereocenters. The molecule has 7 heteroatoms. The zero-order valence-corrected chi connectivity index (χ0v) is 9.22. The molecule has 14 heavy (non-hydrogen) atoms. The van der Waals surface area contributed by atoms with Crippen molar-refractivity contribution < 1.29 is 14.5 Å². The molecular formula is C7H5IN2O4. The van der Waals surface area contributed by atoms with Gasteiger partial charge < -0.3 is 4.74 Å². The molecular weight excluding hydrogens is 303 g/mol. The fraction of sp³-hybridized carbons (Fsp3) is 0.143. The molecule has 0 unspecified atom stereocenters. The molecule has 0 aliphatic heterocycles. The predicted octanol–water partition coefficient (Wildman–Crippen LogP) is 1.38. The number of hydrogen-bond acceptors (Lipinski definition) is 5. The van der Waals surface area contributed by atoms with Gasteiger partial charge in [0.15, 0.2) is 3.70 Å². The SMILES string of the molecule is COC(=O)c1ccnc(I)c1[N+](=O)[O-]. The first-order valence-electron chi connectivity index (χ1n) is 3.45. The summed E-state index contributed by atoms with van der Waals surface area (Å²) >= 11 is 1.69. The number of nitro groups is 1. The van der Waals surface area contributed by atoms with Crippen molar-refractivity contribution in [2.45, 2.75) is 0 Å². The summed E-state index contributed by atoms with van der Waals surface area (Å²) in [5.41, 5.74) is -0.406. The highest BCUT2D eigenvalue weighted by molar-refractivity contribution is 14.1. The smallest absolute Gasteiger partial charge is 0.345 e. The average Bonchev–Trinajstić information content (AvgIpc) is 2.15. The molecule has 0 saturated carbocycles. The normalized spacial score (nSPS) is 9.57. The third-order valence-electron chi connectivity index (χ3n) is 1.47. The van der Waals surface area contributed by atoms with Gasteiger partial charge in [0.1, 0.15) is 5.56 Å². The average molecular weight is 308 g/mol. The van der Waals surface area contributed by atoms with E-state index in [-0.39, 0.29) is 15.0 Å². The van der Waals surface area contributed by atoms with Gasteiger partial charge in [-0.3, -0.25) is 10.1 Å². The number of rotatable bonds is 2. The van der Waals surface area contributed by atoms with Gasteiger partial charge in [0.25, 0.3) is 0 Å². The maximum Gasteiger partial charge on any atom is 0.345 e. The van der Waals surface area contributed by atoms with E-state index in [0.717, 1.165) is 0 Å². The monoisotopic (exact) mass is 308 g/mol. The molecule has 0 fully saturated rings. The summed E-state index contributed by atoms with van der Waals surface area (Å²) in [6.45, 7) is 0. The fourth-order valence-electron chi connectivity index (χ4n) is 0.877. The van der Waals surface area contributed by atoms with Gasteiger partial charge in [0.2, 0.25) is 0 Å². The van der Waals surface area contributed by atoms with Crippen LogP contribution in [0, 0.1) is 13.8 Å². The Morgan fingerprint density at radius 2 is 2.36 bits per heavy atom. The van der Waals surface area contributed by atoms with Gasteiger partial charge in [-0.2, -0.15) is 0 Å². The molecule has 6 nitrogen and oxygen atoms in total.